The molecule has 0 aromatic heterocycles. The highest BCUT2D eigenvalue weighted by Gasteiger charge is 2.33. The van der Waals surface area contributed by atoms with Gasteiger partial charge in [0, 0.05) is 29.2 Å². The number of hydrogen-bond donors (Lipinski definition) is 1. The first kappa shape index (κ1) is 31.5. The van der Waals surface area contributed by atoms with E-state index in [1.54, 1.807) is 37.3 Å². The molecule has 0 saturated heterocycles. The Balaban J connectivity index is 2.53. The number of carbonyl (C=O) groups is 2. The topological polar surface area (TPSA) is 105 Å². The second-order valence-corrected chi connectivity index (χ2v) is 11.4. The van der Waals surface area contributed by atoms with Crippen LogP contribution < -0.4 is 19.1 Å². The minimum absolute atomic E-state index is 0.0264. The van der Waals surface area contributed by atoms with Crippen LogP contribution in [0.5, 0.6) is 11.5 Å². The number of anilines is 1. The summed E-state index contributed by atoms with van der Waals surface area (Å²) in [6.45, 7) is 3.65. The van der Waals surface area contributed by atoms with Crippen LogP contribution in [0.2, 0.25) is 10.0 Å². The summed E-state index contributed by atoms with van der Waals surface area (Å²) in [5.74, 6) is -0.304. The predicted octanol–water partition coefficient (Wildman–Crippen LogP) is 4.50. The second-order valence-electron chi connectivity index (χ2n) is 8.63. The molecule has 1 N–H and O–H groups in total. The lowest BCUT2D eigenvalue weighted by Gasteiger charge is -2.33. The van der Waals surface area contributed by atoms with Gasteiger partial charge in [0.1, 0.15) is 24.1 Å². The fourth-order valence-electron chi connectivity index (χ4n) is 3.85. The number of nitrogens with zero attached hydrogens (tertiary/aromatic N) is 2. The molecule has 0 aliphatic carbocycles. The van der Waals surface area contributed by atoms with Crippen molar-refractivity contribution in [2.24, 2.45) is 0 Å². The Labute approximate surface area is 235 Å². The Bertz CT molecular complexity index is 1230. The van der Waals surface area contributed by atoms with Gasteiger partial charge in [-0.2, -0.15) is 0 Å². The molecule has 2 rings (SSSR count). The second kappa shape index (κ2) is 14.5. The van der Waals surface area contributed by atoms with Crippen LogP contribution in [0.3, 0.4) is 0 Å². The van der Waals surface area contributed by atoms with Crippen LogP contribution in [0.4, 0.5) is 5.69 Å². The SMILES string of the molecule is CCCCNC(=O)[C@H](CC)N(Cc1ccc(Cl)cc1Cl)C(=O)CN(c1cc(OC)ccc1OC)S(C)(=O)=O. The van der Waals surface area contributed by atoms with E-state index in [-0.39, 0.29) is 23.9 Å². The fraction of sp³-hybridized carbons (Fsp3) is 0.462. The number of ether oxygens (including phenoxy) is 2. The minimum Gasteiger partial charge on any atom is -0.497 e. The zero-order valence-electron chi connectivity index (χ0n) is 22.3. The molecule has 0 saturated carbocycles. The number of hydrogen-bond acceptors (Lipinski definition) is 6. The van der Waals surface area contributed by atoms with Crippen molar-refractivity contribution in [3.05, 3.63) is 52.0 Å². The molecule has 38 heavy (non-hydrogen) atoms. The third-order valence-electron chi connectivity index (χ3n) is 5.91. The average Bonchev–Trinajstić information content (AvgIpc) is 2.87. The van der Waals surface area contributed by atoms with Crippen molar-refractivity contribution in [2.75, 3.05) is 37.9 Å². The highest BCUT2D eigenvalue weighted by Crippen LogP contribution is 2.34. The molecular formula is C26H35Cl2N3O6S. The highest BCUT2D eigenvalue weighted by atomic mass is 35.5. The van der Waals surface area contributed by atoms with E-state index in [9.17, 15) is 18.0 Å². The van der Waals surface area contributed by atoms with Crippen LogP contribution in [0.15, 0.2) is 36.4 Å². The maximum Gasteiger partial charge on any atom is 0.244 e. The monoisotopic (exact) mass is 587 g/mol. The van der Waals surface area contributed by atoms with E-state index < -0.39 is 28.5 Å². The van der Waals surface area contributed by atoms with Crippen molar-refractivity contribution in [1.29, 1.82) is 0 Å². The molecule has 12 heteroatoms. The van der Waals surface area contributed by atoms with Crippen molar-refractivity contribution in [2.45, 2.75) is 45.7 Å². The van der Waals surface area contributed by atoms with Crippen LogP contribution in [0, 0.1) is 0 Å². The minimum atomic E-state index is -3.95. The van der Waals surface area contributed by atoms with E-state index in [1.165, 1.54) is 25.2 Å². The summed E-state index contributed by atoms with van der Waals surface area (Å²) in [5.41, 5.74) is 0.696. The van der Waals surface area contributed by atoms with Gasteiger partial charge in [-0.15, -0.1) is 0 Å². The van der Waals surface area contributed by atoms with Crippen molar-refractivity contribution in [1.82, 2.24) is 10.2 Å². The lowest BCUT2D eigenvalue weighted by atomic mass is 10.1. The highest BCUT2D eigenvalue weighted by molar-refractivity contribution is 7.92. The number of sulfonamides is 1. The number of amides is 2. The molecule has 0 unspecified atom stereocenters. The van der Waals surface area contributed by atoms with Gasteiger partial charge in [0.2, 0.25) is 21.8 Å². The summed E-state index contributed by atoms with van der Waals surface area (Å²) in [7, 11) is -1.11. The van der Waals surface area contributed by atoms with E-state index in [0.717, 1.165) is 23.4 Å². The smallest absolute Gasteiger partial charge is 0.244 e. The number of halogens is 2. The normalized spacial score (nSPS) is 12.0. The zero-order chi connectivity index (χ0) is 28.5. The van der Waals surface area contributed by atoms with E-state index in [2.05, 4.69) is 5.32 Å². The van der Waals surface area contributed by atoms with E-state index >= 15 is 0 Å². The maximum atomic E-state index is 13.8. The lowest BCUT2D eigenvalue weighted by molar-refractivity contribution is -0.140. The Morgan fingerprint density at radius 3 is 2.32 bits per heavy atom. The van der Waals surface area contributed by atoms with E-state index in [1.807, 2.05) is 6.92 Å². The fourth-order valence-corrected chi connectivity index (χ4v) is 5.16. The molecular weight excluding hydrogens is 553 g/mol. The number of unbranched alkanes of at least 4 members (excludes halogenated alkanes) is 1. The van der Waals surface area contributed by atoms with Crippen molar-refractivity contribution >= 4 is 50.7 Å². The first-order valence-corrected chi connectivity index (χ1v) is 14.8. The van der Waals surface area contributed by atoms with Gasteiger partial charge >= 0.3 is 0 Å². The molecule has 210 valence electrons. The molecule has 2 aromatic carbocycles. The summed E-state index contributed by atoms with van der Waals surface area (Å²) < 4.78 is 37.4. The third kappa shape index (κ3) is 8.41. The number of benzene rings is 2. The maximum absolute atomic E-state index is 13.8. The number of methoxy groups -OCH3 is 2. The van der Waals surface area contributed by atoms with Crippen LogP contribution >= 0.6 is 23.2 Å². The molecule has 0 heterocycles. The summed E-state index contributed by atoms with van der Waals surface area (Å²) >= 11 is 12.4. The summed E-state index contributed by atoms with van der Waals surface area (Å²) in [5, 5.41) is 3.62. The predicted molar refractivity (Wildman–Crippen MR) is 151 cm³/mol. The van der Waals surface area contributed by atoms with Gasteiger partial charge in [-0.05, 0) is 42.7 Å². The van der Waals surface area contributed by atoms with E-state index in [0.29, 0.717) is 34.3 Å². The summed E-state index contributed by atoms with van der Waals surface area (Å²) in [6.07, 6.45) is 2.98. The largest absolute Gasteiger partial charge is 0.497 e. The van der Waals surface area contributed by atoms with Crippen molar-refractivity contribution in [3.63, 3.8) is 0 Å². The molecule has 9 nitrogen and oxygen atoms in total. The van der Waals surface area contributed by atoms with Gasteiger partial charge < -0.3 is 19.7 Å². The Hall–Kier alpha value is -2.69. The van der Waals surface area contributed by atoms with Gasteiger partial charge in [0.05, 0.1) is 26.2 Å². The number of carbonyl (C=O) groups excluding carboxylic acids is 2. The van der Waals surface area contributed by atoms with Crippen molar-refractivity contribution < 1.29 is 27.5 Å². The lowest BCUT2D eigenvalue weighted by Crippen LogP contribution is -2.52. The number of rotatable bonds is 14. The molecule has 0 bridgehead atoms. The molecule has 0 radical (unpaired) electrons. The van der Waals surface area contributed by atoms with Crippen molar-refractivity contribution in [3.8, 4) is 11.5 Å². The van der Waals surface area contributed by atoms with Crippen LogP contribution in [0.25, 0.3) is 0 Å². The van der Waals surface area contributed by atoms with Crippen LogP contribution in [-0.4, -0.2) is 64.7 Å². The Morgan fingerprint density at radius 1 is 1.05 bits per heavy atom. The van der Waals surface area contributed by atoms with Crippen LogP contribution in [0.1, 0.15) is 38.7 Å². The van der Waals surface area contributed by atoms with Gasteiger partial charge in [-0.1, -0.05) is 49.5 Å². The Kier molecular flexibility index (Phi) is 12.0. The third-order valence-corrected chi connectivity index (χ3v) is 7.62. The summed E-state index contributed by atoms with van der Waals surface area (Å²) in [6, 6.07) is 8.64. The van der Waals surface area contributed by atoms with Gasteiger partial charge in [-0.25, -0.2) is 8.42 Å². The number of nitrogens with one attached hydrogen (secondary N) is 1. The Morgan fingerprint density at radius 2 is 1.76 bits per heavy atom. The van der Waals surface area contributed by atoms with E-state index in [4.69, 9.17) is 32.7 Å². The molecule has 1 atom stereocenters. The standard InChI is InChI=1S/C26H35Cl2N3O6S/c1-6-8-13-29-26(33)22(7-2)30(16-18-9-10-19(27)14-21(18)28)25(32)17-31(38(5,34)35)23-15-20(36-3)11-12-24(23)37-4/h9-12,14-15,22H,6-8,13,16-17H2,1-5H3,(H,29,33)/t22-/m0/s1. The van der Waals surface area contributed by atoms with Gasteiger partial charge in [0.15, 0.2) is 0 Å². The van der Waals surface area contributed by atoms with Gasteiger partial charge in [0.25, 0.3) is 0 Å². The first-order chi connectivity index (χ1) is 18.0. The quantitative estimate of drug-likeness (QED) is 0.326. The zero-order valence-corrected chi connectivity index (χ0v) is 24.6. The summed E-state index contributed by atoms with van der Waals surface area (Å²) in [4.78, 5) is 28.3. The molecule has 2 aromatic rings. The average molecular weight is 589 g/mol. The first-order valence-electron chi connectivity index (χ1n) is 12.2. The molecule has 0 aliphatic heterocycles. The molecule has 0 aliphatic rings. The molecule has 0 spiro atoms. The van der Waals surface area contributed by atoms with Crippen LogP contribution in [-0.2, 0) is 26.2 Å². The molecule has 2 amide bonds. The van der Waals surface area contributed by atoms with Gasteiger partial charge in [-0.3, -0.25) is 13.9 Å². The molecule has 0 fully saturated rings.